The van der Waals surface area contributed by atoms with Crippen molar-refractivity contribution in [3.63, 3.8) is 0 Å². The minimum Gasteiger partial charge on any atom is -0.385 e. The van der Waals surface area contributed by atoms with Gasteiger partial charge >= 0.3 is 0 Å². The van der Waals surface area contributed by atoms with E-state index in [2.05, 4.69) is 23.7 Å². The number of imidazole rings is 1. The first-order valence-corrected chi connectivity index (χ1v) is 12.6. The molecule has 166 valence electrons. The van der Waals surface area contributed by atoms with Crippen LogP contribution in [-0.4, -0.2) is 49.2 Å². The summed E-state index contributed by atoms with van der Waals surface area (Å²) in [5.41, 5.74) is 1.77. The highest BCUT2D eigenvalue weighted by atomic mass is 32.2. The van der Waals surface area contributed by atoms with E-state index in [-0.39, 0.29) is 10.9 Å². The lowest BCUT2D eigenvalue weighted by molar-refractivity contribution is 0.0950. The third-order valence-corrected chi connectivity index (χ3v) is 7.29. The molecule has 1 aliphatic heterocycles. The van der Waals surface area contributed by atoms with Crippen molar-refractivity contribution in [3.8, 4) is 0 Å². The number of hydrogen-bond donors (Lipinski definition) is 0. The fourth-order valence-electron chi connectivity index (χ4n) is 4.24. The van der Waals surface area contributed by atoms with Crippen molar-refractivity contribution in [1.29, 1.82) is 0 Å². The lowest BCUT2D eigenvalue weighted by Gasteiger charge is -2.35. The second-order valence-electron chi connectivity index (χ2n) is 8.68. The number of ether oxygens (including phenoxy) is 1. The summed E-state index contributed by atoms with van der Waals surface area (Å²) in [4.78, 5) is 6.89. The molecule has 3 rings (SSSR count). The fraction of sp³-hybridized carbons (Fsp3) is 0.609. The van der Waals surface area contributed by atoms with Crippen LogP contribution >= 0.6 is 0 Å². The van der Waals surface area contributed by atoms with Gasteiger partial charge in [-0.3, -0.25) is 4.90 Å². The van der Waals surface area contributed by atoms with Crippen LogP contribution in [0.1, 0.15) is 50.8 Å². The maximum Gasteiger partial charge on any atom is 0.228 e. The van der Waals surface area contributed by atoms with Crippen LogP contribution in [0.4, 0.5) is 0 Å². The topological polar surface area (TPSA) is 64.4 Å². The van der Waals surface area contributed by atoms with Gasteiger partial charge in [0.2, 0.25) is 15.0 Å². The van der Waals surface area contributed by atoms with Crippen molar-refractivity contribution in [2.45, 2.75) is 69.6 Å². The Balaban J connectivity index is 1.86. The molecule has 0 saturated carbocycles. The first-order chi connectivity index (χ1) is 14.4. The number of piperidine rings is 1. The van der Waals surface area contributed by atoms with E-state index < -0.39 is 9.84 Å². The minimum absolute atomic E-state index is 0.0252. The molecular formula is C23H35N3O3S. The molecule has 7 heteroatoms. The molecule has 2 heterocycles. The number of rotatable bonds is 10. The van der Waals surface area contributed by atoms with Gasteiger partial charge in [-0.1, -0.05) is 50.6 Å². The van der Waals surface area contributed by atoms with Crippen LogP contribution in [0.25, 0.3) is 0 Å². The summed E-state index contributed by atoms with van der Waals surface area (Å²) >= 11 is 0. The normalized spacial score (nSPS) is 18.2. The van der Waals surface area contributed by atoms with Gasteiger partial charge in [0.05, 0.1) is 17.6 Å². The van der Waals surface area contributed by atoms with Crippen LogP contribution in [0.2, 0.25) is 0 Å². The van der Waals surface area contributed by atoms with Crippen molar-refractivity contribution >= 4 is 9.84 Å². The highest BCUT2D eigenvalue weighted by molar-refractivity contribution is 7.90. The molecule has 1 aliphatic rings. The molecule has 1 aromatic heterocycles. The molecule has 30 heavy (non-hydrogen) atoms. The second-order valence-corrected chi connectivity index (χ2v) is 10.6. The van der Waals surface area contributed by atoms with Crippen molar-refractivity contribution in [1.82, 2.24) is 14.5 Å². The number of benzene rings is 1. The molecule has 0 N–H and O–H groups in total. The van der Waals surface area contributed by atoms with Crippen LogP contribution in [0.3, 0.4) is 0 Å². The number of sulfone groups is 1. The Morgan fingerprint density at radius 2 is 1.97 bits per heavy atom. The molecule has 1 saturated heterocycles. The summed E-state index contributed by atoms with van der Waals surface area (Å²) in [7, 11) is -1.78. The fourth-order valence-corrected chi connectivity index (χ4v) is 5.74. The van der Waals surface area contributed by atoms with Crippen molar-refractivity contribution in [2.75, 3.05) is 20.3 Å². The minimum atomic E-state index is -3.52. The SMILES string of the molecule is COCC[C@H]1CCCCN1Cc1cnc(S(=O)(=O)Cc2ccccc2)n1CC(C)C. The average molecular weight is 434 g/mol. The van der Waals surface area contributed by atoms with E-state index in [0.717, 1.165) is 37.4 Å². The molecule has 1 aromatic carbocycles. The number of aromatic nitrogens is 2. The third-order valence-electron chi connectivity index (χ3n) is 5.70. The molecule has 0 bridgehead atoms. The van der Waals surface area contributed by atoms with Gasteiger partial charge in [-0.25, -0.2) is 13.4 Å². The van der Waals surface area contributed by atoms with Gasteiger partial charge in [0.25, 0.3) is 0 Å². The molecular weight excluding hydrogens is 398 g/mol. The molecule has 2 aromatic rings. The average Bonchev–Trinajstić information content (AvgIpc) is 3.10. The zero-order valence-corrected chi connectivity index (χ0v) is 19.3. The first kappa shape index (κ1) is 23.0. The van der Waals surface area contributed by atoms with Gasteiger partial charge in [-0.05, 0) is 37.3 Å². The summed E-state index contributed by atoms with van der Waals surface area (Å²) in [6.07, 6.45) is 6.37. The Morgan fingerprint density at radius 3 is 2.67 bits per heavy atom. The van der Waals surface area contributed by atoms with Crippen molar-refractivity contribution in [3.05, 3.63) is 47.8 Å². The Labute approximate surface area is 181 Å². The van der Waals surface area contributed by atoms with E-state index in [4.69, 9.17) is 4.74 Å². The Morgan fingerprint density at radius 1 is 1.20 bits per heavy atom. The Hall–Kier alpha value is -1.70. The van der Waals surface area contributed by atoms with Gasteiger partial charge in [0.1, 0.15) is 0 Å². The van der Waals surface area contributed by atoms with Gasteiger partial charge in [-0.15, -0.1) is 0 Å². The number of methoxy groups -OCH3 is 1. The Kier molecular flexibility index (Phi) is 8.08. The Bertz CT molecular complexity index is 894. The summed E-state index contributed by atoms with van der Waals surface area (Å²) < 4.78 is 33.6. The maximum atomic E-state index is 13.2. The molecule has 1 fully saturated rings. The van der Waals surface area contributed by atoms with E-state index in [0.29, 0.717) is 18.5 Å². The lowest BCUT2D eigenvalue weighted by atomic mass is 9.99. The van der Waals surface area contributed by atoms with Crippen molar-refractivity contribution < 1.29 is 13.2 Å². The number of likely N-dealkylation sites (tertiary alicyclic amines) is 1. The molecule has 0 aliphatic carbocycles. The molecule has 6 nitrogen and oxygen atoms in total. The largest absolute Gasteiger partial charge is 0.385 e. The second kappa shape index (κ2) is 10.6. The highest BCUT2D eigenvalue weighted by Crippen LogP contribution is 2.25. The molecule has 0 unspecified atom stereocenters. The van der Waals surface area contributed by atoms with E-state index >= 15 is 0 Å². The van der Waals surface area contributed by atoms with Gasteiger partial charge in [0, 0.05) is 32.8 Å². The maximum absolute atomic E-state index is 13.2. The third kappa shape index (κ3) is 5.93. The highest BCUT2D eigenvalue weighted by Gasteiger charge is 2.27. The summed E-state index contributed by atoms with van der Waals surface area (Å²) in [5.74, 6) is 0.303. The van der Waals surface area contributed by atoms with Gasteiger partial charge in [0.15, 0.2) is 0 Å². The van der Waals surface area contributed by atoms with E-state index in [1.807, 2.05) is 34.9 Å². The smallest absolute Gasteiger partial charge is 0.228 e. The number of hydrogen-bond acceptors (Lipinski definition) is 5. The number of nitrogens with zero attached hydrogens (tertiary/aromatic N) is 3. The van der Waals surface area contributed by atoms with Crippen LogP contribution in [0.15, 0.2) is 41.7 Å². The van der Waals surface area contributed by atoms with E-state index in [9.17, 15) is 8.42 Å². The zero-order chi connectivity index (χ0) is 21.6. The van der Waals surface area contributed by atoms with Gasteiger partial charge < -0.3 is 9.30 Å². The van der Waals surface area contributed by atoms with E-state index in [1.54, 1.807) is 13.3 Å². The standard InChI is InChI=1S/C23H35N3O3S/c1-19(2)16-26-22(17-25-13-8-7-11-21(25)12-14-29-3)15-24-23(26)30(27,28)18-20-9-5-4-6-10-20/h4-6,9-10,15,19,21H,7-8,11-14,16-18H2,1-3H3/t21-/m1/s1. The first-order valence-electron chi connectivity index (χ1n) is 10.9. The zero-order valence-electron chi connectivity index (χ0n) is 18.5. The summed E-state index contributed by atoms with van der Waals surface area (Å²) in [5, 5.41) is 0.195. The predicted molar refractivity (Wildman–Crippen MR) is 119 cm³/mol. The lowest BCUT2D eigenvalue weighted by Crippen LogP contribution is -2.40. The van der Waals surface area contributed by atoms with E-state index in [1.165, 1.54) is 19.3 Å². The molecule has 0 amide bonds. The summed E-state index contributed by atoms with van der Waals surface area (Å²) in [6, 6.07) is 9.81. The monoisotopic (exact) mass is 433 g/mol. The quantitative estimate of drug-likeness (QED) is 0.568. The van der Waals surface area contributed by atoms with Crippen LogP contribution < -0.4 is 0 Å². The predicted octanol–water partition coefficient (Wildman–Crippen LogP) is 3.90. The van der Waals surface area contributed by atoms with Crippen LogP contribution in [0, 0.1) is 5.92 Å². The molecule has 1 atom stereocenters. The van der Waals surface area contributed by atoms with Crippen LogP contribution in [0.5, 0.6) is 0 Å². The summed E-state index contributed by atoms with van der Waals surface area (Å²) in [6.45, 7) is 7.39. The molecule has 0 spiro atoms. The van der Waals surface area contributed by atoms with Gasteiger partial charge in [-0.2, -0.15) is 0 Å². The van der Waals surface area contributed by atoms with Crippen molar-refractivity contribution in [2.24, 2.45) is 5.92 Å². The molecule has 0 radical (unpaired) electrons. The van der Waals surface area contributed by atoms with Crippen LogP contribution in [-0.2, 0) is 33.4 Å².